The Balaban J connectivity index is 1.72. The number of halogens is 2. The molecule has 0 unspecified atom stereocenters. The predicted molar refractivity (Wildman–Crippen MR) is 150 cm³/mol. The highest BCUT2D eigenvalue weighted by atomic mass is 32.1. The van der Waals surface area contributed by atoms with E-state index in [1.54, 1.807) is 12.5 Å². The zero-order valence-electron chi connectivity index (χ0n) is 22.8. The Bertz CT molecular complexity index is 1350. The van der Waals surface area contributed by atoms with Gasteiger partial charge in [0.05, 0.1) is 19.9 Å². The number of aliphatic carboxylic acids is 1. The number of methoxy groups -OCH3 is 2. The van der Waals surface area contributed by atoms with Crippen molar-refractivity contribution in [1.82, 2.24) is 4.98 Å². The van der Waals surface area contributed by atoms with Gasteiger partial charge in [-0.25, -0.2) is 18.6 Å². The number of thiazole rings is 1. The maximum absolute atomic E-state index is 14.6. The van der Waals surface area contributed by atoms with Gasteiger partial charge in [-0.05, 0) is 48.9 Å². The summed E-state index contributed by atoms with van der Waals surface area (Å²) < 4.78 is 45.1. The average molecular weight is 575 g/mol. The molecule has 0 saturated carbocycles. The van der Waals surface area contributed by atoms with Crippen molar-refractivity contribution in [3.63, 3.8) is 0 Å². The van der Waals surface area contributed by atoms with Gasteiger partial charge < -0.3 is 19.3 Å². The molecule has 1 heterocycles. The highest BCUT2D eigenvalue weighted by Gasteiger charge is 2.19. The van der Waals surface area contributed by atoms with Gasteiger partial charge in [-0.3, -0.25) is 10.1 Å². The van der Waals surface area contributed by atoms with E-state index < -0.39 is 34.8 Å². The molecular weight excluding hydrogens is 542 g/mol. The summed E-state index contributed by atoms with van der Waals surface area (Å²) in [6, 6.07) is 7.38. The standard InChI is InChI=1S/C29H32F2N2O6S/c1-17(2)10-12-39-11-6-8-18-7-5-9-20(26(18)38-4)24-16-40-29(32-24)33-27(34)19-13-22(30)21(23(31)14-19)15-25(37-3)28(35)36/h5,7,9,13-17H,6,8,10-12H2,1-4H3,(H,35,36)(H,32,33,34)/b25-15+. The van der Waals surface area contributed by atoms with Crippen molar-refractivity contribution in [3.8, 4) is 17.0 Å². The lowest BCUT2D eigenvalue weighted by molar-refractivity contribution is -0.135. The minimum atomic E-state index is -1.49. The summed E-state index contributed by atoms with van der Waals surface area (Å²) in [5.74, 6) is -3.88. The lowest BCUT2D eigenvalue weighted by Gasteiger charge is -2.13. The van der Waals surface area contributed by atoms with E-state index in [0.29, 0.717) is 30.0 Å². The van der Waals surface area contributed by atoms with Gasteiger partial charge in [0.15, 0.2) is 5.13 Å². The molecule has 1 aromatic heterocycles. The molecule has 2 N–H and O–H groups in total. The van der Waals surface area contributed by atoms with Crippen molar-refractivity contribution < 1.29 is 37.7 Å². The maximum atomic E-state index is 14.6. The molecule has 0 aliphatic rings. The van der Waals surface area contributed by atoms with Crippen LogP contribution in [0.5, 0.6) is 5.75 Å². The van der Waals surface area contributed by atoms with E-state index in [1.165, 1.54) is 0 Å². The number of carbonyl (C=O) groups excluding carboxylic acids is 1. The van der Waals surface area contributed by atoms with E-state index in [0.717, 1.165) is 67.6 Å². The first-order valence-electron chi connectivity index (χ1n) is 12.6. The third-order valence-electron chi connectivity index (χ3n) is 5.92. The molecule has 214 valence electrons. The van der Waals surface area contributed by atoms with E-state index in [9.17, 15) is 18.4 Å². The quantitative estimate of drug-likeness (QED) is 0.130. The van der Waals surface area contributed by atoms with Crippen LogP contribution in [0.2, 0.25) is 0 Å². The molecule has 3 aromatic rings. The first-order chi connectivity index (χ1) is 19.1. The second kappa shape index (κ2) is 14.5. The Labute approximate surface area is 235 Å². The number of ether oxygens (including phenoxy) is 3. The molecular formula is C29H32F2N2O6S. The molecule has 0 fully saturated rings. The van der Waals surface area contributed by atoms with Crippen molar-refractivity contribution in [3.05, 3.63) is 69.8 Å². The Kier molecular flexibility index (Phi) is 11.2. The van der Waals surface area contributed by atoms with Crippen LogP contribution in [-0.4, -0.2) is 49.4 Å². The van der Waals surface area contributed by atoms with Crippen molar-refractivity contribution in [2.45, 2.75) is 33.1 Å². The van der Waals surface area contributed by atoms with E-state index in [2.05, 4.69) is 28.9 Å². The fourth-order valence-corrected chi connectivity index (χ4v) is 4.53. The van der Waals surface area contributed by atoms with Crippen LogP contribution in [0.3, 0.4) is 0 Å². The number of rotatable bonds is 14. The maximum Gasteiger partial charge on any atom is 0.371 e. The fourth-order valence-electron chi connectivity index (χ4n) is 3.83. The molecule has 0 radical (unpaired) electrons. The normalized spacial score (nSPS) is 11.5. The zero-order chi connectivity index (χ0) is 29.2. The number of carboxylic acids is 1. The molecule has 0 atom stereocenters. The molecule has 0 saturated heterocycles. The van der Waals surface area contributed by atoms with Gasteiger partial charge in [-0.15, -0.1) is 11.3 Å². The Morgan fingerprint density at radius 3 is 2.50 bits per heavy atom. The summed E-state index contributed by atoms with van der Waals surface area (Å²) in [7, 11) is 2.65. The third kappa shape index (κ3) is 8.09. The van der Waals surface area contributed by atoms with E-state index >= 15 is 0 Å². The molecule has 0 aliphatic carbocycles. The van der Waals surface area contributed by atoms with Crippen LogP contribution in [0.1, 0.15) is 48.2 Å². The number of carbonyl (C=O) groups is 2. The summed E-state index contributed by atoms with van der Waals surface area (Å²) in [5.41, 5.74) is 1.39. The van der Waals surface area contributed by atoms with Crippen molar-refractivity contribution in [2.24, 2.45) is 5.92 Å². The molecule has 40 heavy (non-hydrogen) atoms. The van der Waals surface area contributed by atoms with Crippen LogP contribution in [0.25, 0.3) is 17.3 Å². The van der Waals surface area contributed by atoms with E-state index in [4.69, 9.17) is 14.6 Å². The summed E-state index contributed by atoms with van der Waals surface area (Å²) >= 11 is 1.15. The van der Waals surface area contributed by atoms with Gasteiger partial charge in [0, 0.05) is 41.4 Å². The van der Waals surface area contributed by atoms with E-state index in [1.807, 2.05) is 18.2 Å². The Morgan fingerprint density at radius 1 is 1.15 bits per heavy atom. The number of para-hydroxylation sites is 1. The van der Waals surface area contributed by atoms with Crippen molar-refractivity contribution >= 4 is 34.4 Å². The predicted octanol–water partition coefficient (Wildman–Crippen LogP) is 6.42. The summed E-state index contributed by atoms with van der Waals surface area (Å²) in [6.07, 6.45) is 3.33. The third-order valence-corrected chi connectivity index (χ3v) is 6.68. The molecule has 11 heteroatoms. The number of aromatic nitrogens is 1. The highest BCUT2D eigenvalue weighted by Crippen LogP contribution is 2.35. The minimum Gasteiger partial charge on any atom is -0.496 e. The number of benzene rings is 2. The first-order valence-corrected chi connectivity index (χ1v) is 13.5. The van der Waals surface area contributed by atoms with Gasteiger partial charge in [0.1, 0.15) is 17.4 Å². The van der Waals surface area contributed by atoms with Crippen LogP contribution in [0.4, 0.5) is 13.9 Å². The SMILES string of the molecule is CO/C(=C/c1c(F)cc(C(=O)Nc2nc(-c3cccc(CCCOCCC(C)C)c3OC)cs2)cc1F)C(=O)O. The lowest BCUT2D eigenvalue weighted by Crippen LogP contribution is -2.13. The molecule has 1 amide bonds. The minimum absolute atomic E-state index is 0.225. The number of nitrogens with one attached hydrogen (secondary N) is 1. The number of anilines is 1. The number of aryl methyl sites for hydroxylation is 1. The smallest absolute Gasteiger partial charge is 0.371 e. The fraction of sp³-hybridized carbons (Fsp3) is 0.345. The Morgan fingerprint density at radius 2 is 1.88 bits per heavy atom. The zero-order valence-corrected chi connectivity index (χ0v) is 23.6. The van der Waals surface area contributed by atoms with Crippen molar-refractivity contribution in [2.75, 3.05) is 32.8 Å². The number of carboxylic acid groups (broad SMARTS) is 1. The van der Waals surface area contributed by atoms with Gasteiger partial charge in [0.25, 0.3) is 5.91 Å². The molecule has 2 aromatic carbocycles. The number of nitrogens with zero attached hydrogens (tertiary/aromatic N) is 1. The van der Waals surface area contributed by atoms with Crippen LogP contribution in [0.15, 0.2) is 41.5 Å². The molecule has 0 aliphatic heterocycles. The topological polar surface area (TPSA) is 107 Å². The number of hydrogen-bond donors (Lipinski definition) is 2. The Hall–Kier alpha value is -3.83. The molecule has 0 bridgehead atoms. The summed E-state index contributed by atoms with van der Waals surface area (Å²) in [5, 5.41) is 13.5. The summed E-state index contributed by atoms with van der Waals surface area (Å²) in [6.45, 7) is 5.71. The van der Waals surface area contributed by atoms with Crippen LogP contribution < -0.4 is 10.1 Å². The monoisotopic (exact) mass is 574 g/mol. The molecule has 0 spiro atoms. The number of hydrogen-bond acceptors (Lipinski definition) is 7. The van der Waals surface area contributed by atoms with Crippen LogP contribution in [0, 0.1) is 17.6 Å². The largest absolute Gasteiger partial charge is 0.496 e. The van der Waals surface area contributed by atoms with Gasteiger partial charge in [-0.1, -0.05) is 26.0 Å². The van der Waals surface area contributed by atoms with Gasteiger partial charge >= 0.3 is 5.97 Å². The second-order valence-electron chi connectivity index (χ2n) is 9.26. The average Bonchev–Trinajstić information content (AvgIpc) is 3.37. The van der Waals surface area contributed by atoms with E-state index in [-0.39, 0.29) is 10.7 Å². The highest BCUT2D eigenvalue weighted by molar-refractivity contribution is 7.14. The summed E-state index contributed by atoms with van der Waals surface area (Å²) in [4.78, 5) is 28.3. The van der Waals surface area contributed by atoms with Crippen LogP contribution in [-0.2, 0) is 20.7 Å². The van der Waals surface area contributed by atoms with Crippen molar-refractivity contribution in [1.29, 1.82) is 0 Å². The molecule has 8 nitrogen and oxygen atoms in total. The number of amides is 1. The lowest BCUT2D eigenvalue weighted by atomic mass is 10.0. The second-order valence-corrected chi connectivity index (χ2v) is 10.1. The van der Waals surface area contributed by atoms with Gasteiger partial charge in [-0.2, -0.15) is 0 Å². The first kappa shape index (κ1) is 30.7. The molecule has 3 rings (SSSR count). The van der Waals surface area contributed by atoms with Gasteiger partial charge in [0.2, 0.25) is 5.76 Å². The van der Waals surface area contributed by atoms with Crippen LogP contribution >= 0.6 is 11.3 Å².